The molecule has 0 saturated carbocycles. The molecule has 0 aliphatic carbocycles. The zero-order valence-corrected chi connectivity index (χ0v) is 12.5. The van der Waals surface area contributed by atoms with E-state index in [2.05, 4.69) is 4.98 Å². The molecular weight excluding hydrogens is 282 g/mol. The second-order valence-electron chi connectivity index (χ2n) is 5.01. The van der Waals surface area contributed by atoms with Gasteiger partial charge < -0.3 is 9.84 Å². The highest BCUT2D eigenvalue weighted by molar-refractivity contribution is 5.34. The summed E-state index contributed by atoms with van der Waals surface area (Å²) in [6, 6.07) is 8.62. The van der Waals surface area contributed by atoms with Crippen molar-refractivity contribution in [1.82, 2.24) is 9.55 Å². The van der Waals surface area contributed by atoms with Gasteiger partial charge in [0.25, 0.3) is 5.56 Å². The average Bonchev–Trinajstić information content (AvgIpc) is 2.54. The van der Waals surface area contributed by atoms with E-state index in [0.29, 0.717) is 22.6 Å². The lowest BCUT2D eigenvalue weighted by atomic mass is 10.2. The molecule has 0 fully saturated rings. The van der Waals surface area contributed by atoms with Crippen molar-refractivity contribution in [3.8, 4) is 11.8 Å². The van der Waals surface area contributed by atoms with Gasteiger partial charge in [0, 0.05) is 11.3 Å². The van der Waals surface area contributed by atoms with Gasteiger partial charge in [0.1, 0.15) is 18.5 Å². The van der Waals surface area contributed by atoms with Crippen molar-refractivity contribution in [2.24, 2.45) is 0 Å². The number of aliphatic hydroxyl groups is 1. The fraction of sp³-hybridized carbons (Fsp3) is 0.312. The van der Waals surface area contributed by atoms with E-state index in [4.69, 9.17) is 10.00 Å². The van der Waals surface area contributed by atoms with Gasteiger partial charge in [-0.05, 0) is 38.1 Å². The summed E-state index contributed by atoms with van der Waals surface area (Å²) in [5.41, 5.74) is 1.64. The van der Waals surface area contributed by atoms with Crippen LogP contribution in [0.1, 0.15) is 16.8 Å². The van der Waals surface area contributed by atoms with Crippen LogP contribution in [0.3, 0.4) is 0 Å². The largest absolute Gasteiger partial charge is 0.491 e. The molecule has 1 heterocycles. The molecule has 0 bridgehead atoms. The van der Waals surface area contributed by atoms with Gasteiger partial charge in [-0.2, -0.15) is 5.26 Å². The van der Waals surface area contributed by atoms with Gasteiger partial charge in [-0.1, -0.05) is 0 Å². The Labute approximate surface area is 128 Å². The number of hydrogen-bond donors (Lipinski definition) is 1. The number of aromatic nitrogens is 2. The Morgan fingerprint density at radius 2 is 2.05 bits per heavy atom. The number of rotatable bonds is 5. The predicted molar refractivity (Wildman–Crippen MR) is 80.6 cm³/mol. The molecule has 2 rings (SSSR count). The maximum absolute atomic E-state index is 12.0. The maximum Gasteiger partial charge on any atom is 0.256 e. The minimum atomic E-state index is -0.836. The Morgan fingerprint density at radius 1 is 1.36 bits per heavy atom. The van der Waals surface area contributed by atoms with E-state index < -0.39 is 6.10 Å². The lowest BCUT2D eigenvalue weighted by Gasteiger charge is -2.14. The summed E-state index contributed by atoms with van der Waals surface area (Å²) in [6.45, 7) is 3.64. The summed E-state index contributed by atoms with van der Waals surface area (Å²) in [5.74, 6) is 0.559. The lowest BCUT2D eigenvalue weighted by molar-refractivity contribution is 0.0912. The Balaban J connectivity index is 1.96. The zero-order valence-electron chi connectivity index (χ0n) is 12.5. The standard InChI is InChI=1S/C16H17N3O3/c1-11-12(2)18-10-19(16(11)21)8-14(20)9-22-15-5-3-13(7-17)4-6-15/h3-6,10,14,20H,8-9H2,1-2H3/t14-/m1/s1. The van der Waals surface area contributed by atoms with Gasteiger partial charge in [0.15, 0.2) is 0 Å². The minimum Gasteiger partial charge on any atom is -0.491 e. The van der Waals surface area contributed by atoms with E-state index in [9.17, 15) is 9.90 Å². The molecular formula is C16H17N3O3. The van der Waals surface area contributed by atoms with E-state index in [-0.39, 0.29) is 18.7 Å². The molecule has 22 heavy (non-hydrogen) atoms. The molecule has 0 unspecified atom stereocenters. The van der Waals surface area contributed by atoms with Gasteiger partial charge in [-0.25, -0.2) is 4.98 Å². The van der Waals surface area contributed by atoms with E-state index >= 15 is 0 Å². The van der Waals surface area contributed by atoms with Crippen LogP contribution in [0.5, 0.6) is 5.75 Å². The first kappa shape index (κ1) is 15.7. The van der Waals surface area contributed by atoms with Crippen LogP contribution in [0.2, 0.25) is 0 Å². The number of ether oxygens (including phenoxy) is 1. The SMILES string of the molecule is Cc1ncn(C[C@@H](O)COc2ccc(C#N)cc2)c(=O)c1C. The van der Waals surface area contributed by atoms with Crippen molar-refractivity contribution in [3.63, 3.8) is 0 Å². The monoisotopic (exact) mass is 299 g/mol. The third-order valence-corrected chi connectivity index (χ3v) is 3.35. The van der Waals surface area contributed by atoms with Gasteiger partial charge in [-0.3, -0.25) is 9.36 Å². The summed E-state index contributed by atoms with van der Waals surface area (Å²) in [4.78, 5) is 16.1. The van der Waals surface area contributed by atoms with Crippen LogP contribution >= 0.6 is 0 Å². The fourth-order valence-electron chi connectivity index (χ4n) is 1.90. The van der Waals surface area contributed by atoms with Crippen LogP contribution < -0.4 is 10.3 Å². The van der Waals surface area contributed by atoms with Crippen LogP contribution in [0.4, 0.5) is 0 Å². The Hall–Kier alpha value is -2.65. The number of aryl methyl sites for hydroxylation is 1. The number of hydrogen-bond acceptors (Lipinski definition) is 5. The second kappa shape index (κ2) is 6.87. The van der Waals surface area contributed by atoms with E-state index in [0.717, 1.165) is 0 Å². The van der Waals surface area contributed by atoms with Crippen molar-refractivity contribution in [1.29, 1.82) is 5.26 Å². The topological polar surface area (TPSA) is 88.1 Å². The number of benzene rings is 1. The van der Waals surface area contributed by atoms with Gasteiger partial charge in [-0.15, -0.1) is 0 Å². The smallest absolute Gasteiger partial charge is 0.256 e. The molecule has 2 aromatic rings. The van der Waals surface area contributed by atoms with E-state index in [1.54, 1.807) is 38.1 Å². The molecule has 0 saturated heterocycles. The highest BCUT2D eigenvalue weighted by Gasteiger charge is 2.10. The molecule has 6 nitrogen and oxygen atoms in total. The molecule has 0 spiro atoms. The summed E-state index contributed by atoms with van der Waals surface area (Å²) < 4.78 is 6.81. The van der Waals surface area contributed by atoms with Crippen molar-refractivity contribution in [2.75, 3.05) is 6.61 Å². The second-order valence-corrected chi connectivity index (χ2v) is 5.01. The van der Waals surface area contributed by atoms with Crippen molar-refractivity contribution in [2.45, 2.75) is 26.5 Å². The maximum atomic E-state index is 12.0. The fourth-order valence-corrected chi connectivity index (χ4v) is 1.90. The number of nitriles is 1. The van der Waals surface area contributed by atoms with E-state index in [1.807, 2.05) is 6.07 Å². The molecule has 0 radical (unpaired) electrons. The van der Waals surface area contributed by atoms with Crippen molar-refractivity contribution < 1.29 is 9.84 Å². The average molecular weight is 299 g/mol. The number of nitrogens with zero attached hydrogens (tertiary/aromatic N) is 3. The third kappa shape index (κ3) is 3.71. The predicted octanol–water partition coefficient (Wildman–Crippen LogP) is 1.17. The first-order chi connectivity index (χ1) is 10.5. The quantitative estimate of drug-likeness (QED) is 0.895. The number of aliphatic hydroxyl groups excluding tert-OH is 1. The summed E-state index contributed by atoms with van der Waals surface area (Å²) >= 11 is 0. The molecule has 114 valence electrons. The molecule has 1 aromatic carbocycles. The third-order valence-electron chi connectivity index (χ3n) is 3.35. The van der Waals surface area contributed by atoms with Gasteiger partial charge in [0.2, 0.25) is 0 Å². The van der Waals surface area contributed by atoms with Crippen molar-refractivity contribution in [3.05, 3.63) is 57.8 Å². The molecule has 0 aliphatic heterocycles. The van der Waals surface area contributed by atoms with Crippen LogP contribution in [0.25, 0.3) is 0 Å². The van der Waals surface area contributed by atoms with E-state index in [1.165, 1.54) is 10.9 Å². The summed E-state index contributed by atoms with van der Waals surface area (Å²) in [7, 11) is 0. The normalized spacial score (nSPS) is 11.7. The molecule has 1 N–H and O–H groups in total. The minimum absolute atomic E-state index is 0.0469. The van der Waals surface area contributed by atoms with Crippen LogP contribution in [0.15, 0.2) is 35.4 Å². The Bertz CT molecular complexity index is 745. The molecule has 0 aliphatic rings. The van der Waals surface area contributed by atoms with Crippen LogP contribution in [-0.4, -0.2) is 27.4 Å². The van der Waals surface area contributed by atoms with Crippen molar-refractivity contribution >= 4 is 0 Å². The Kier molecular flexibility index (Phi) is 4.92. The van der Waals surface area contributed by atoms with Crippen LogP contribution in [0, 0.1) is 25.2 Å². The first-order valence-corrected chi connectivity index (χ1v) is 6.85. The summed E-state index contributed by atoms with van der Waals surface area (Å²) in [6.07, 6.45) is 0.590. The highest BCUT2D eigenvalue weighted by atomic mass is 16.5. The molecule has 1 atom stereocenters. The highest BCUT2D eigenvalue weighted by Crippen LogP contribution is 2.11. The Morgan fingerprint density at radius 3 is 2.68 bits per heavy atom. The molecule has 0 amide bonds. The lowest BCUT2D eigenvalue weighted by Crippen LogP contribution is -2.31. The van der Waals surface area contributed by atoms with Gasteiger partial charge >= 0.3 is 0 Å². The zero-order chi connectivity index (χ0) is 16.1. The molecule has 6 heteroatoms. The summed E-state index contributed by atoms with van der Waals surface area (Å²) in [5, 5.41) is 18.7. The molecule has 1 aromatic heterocycles. The van der Waals surface area contributed by atoms with Gasteiger partial charge in [0.05, 0.1) is 24.5 Å². The van der Waals surface area contributed by atoms with Crippen LogP contribution in [-0.2, 0) is 6.54 Å². The first-order valence-electron chi connectivity index (χ1n) is 6.85.